The Bertz CT molecular complexity index is 671. The zero-order valence-electron chi connectivity index (χ0n) is 11.4. The molecule has 1 aliphatic rings. The van der Waals surface area contributed by atoms with Crippen molar-refractivity contribution in [2.24, 2.45) is 0 Å². The largest absolute Gasteiger partial charge is 0.408 e. The molecule has 0 aromatic carbocycles. The lowest BCUT2D eigenvalue weighted by Gasteiger charge is -2.41. The first-order valence-corrected chi connectivity index (χ1v) is 7.55. The van der Waals surface area contributed by atoms with Gasteiger partial charge >= 0.3 is 6.18 Å². The molecular weight excluding hydrogens is 315 g/mol. The predicted molar refractivity (Wildman–Crippen MR) is 75.2 cm³/mol. The number of carbonyl (C=O) groups is 1. The Balaban J connectivity index is 1.67. The number of aromatic nitrogens is 2. The van der Waals surface area contributed by atoms with Gasteiger partial charge in [-0.1, -0.05) is 6.07 Å². The summed E-state index contributed by atoms with van der Waals surface area (Å²) in [6.45, 7) is 0.153. The molecule has 0 bridgehead atoms. The van der Waals surface area contributed by atoms with Gasteiger partial charge < -0.3 is 4.90 Å². The molecular formula is C14H12F3N3OS. The topological polar surface area (TPSA) is 46.1 Å². The summed E-state index contributed by atoms with van der Waals surface area (Å²) >= 11 is 1.32. The number of hydrogen-bond donors (Lipinski definition) is 0. The number of pyridine rings is 1. The van der Waals surface area contributed by atoms with Gasteiger partial charge in [0.05, 0.1) is 17.8 Å². The van der Waals surface area contributed by atoms with Crippen molar-refractivity contribution in [2.75, 3.05) is 6.54 Å². The van der Waals surface area contributed by atoms with Crippen molar-refractivity contribution in [3.63, 3.8) is 0 Å². The van der Waals surface area contributed by atoms with Crippen LogP contribution in [0, 0.1) is 0 Å². The molecule has 1 amide bonds. The Kier molecular flexibility index (Phi) is 3.86. The van der Waals surface area contributed by atoms with Gasteiger partial charge in [-0.2, -0.15) is 13.2 Å². The van der Waals surface area contributed by atoms with Crippen LogP contribution in [0.3, 0.4) is 0 Å². The van der Waals surface area contributed by atoms with E-state index >= 15 is 0 Å². The minimum Gasteiger partial charge on any atom is -0.330 e. The highest BCUT2D eigenvalue weighted by molar-refractivity contribution is 7.13. The van der Waals surface area contributed by atoms with Crippen LogP contribution in [0.2, 0.25) is 0 Å². The van der Waals surface area contributed by atoms with Crippen LogP contribution >= 0.6 is 11.3 Å². The molecule has 0 saturated carbocycles. The van der Waals surface area contributed by atoms with Crippen LogP contribution in [0.25, 0.3) is 10.7 Å². The molecule has 1 fully saturated rings. The fourth-order valence-electron chi connectivity index (χ4n) is 2.28. The molecule has 4 nitrogen and oxygen atoms in total. The van der Waals surface area contributed by atoms with E-state index in [0.717, 1.165) is 4.90 Å². The van der Waals surface area contributed by atoms with Crippen molar-refractivity contribution >= 4 is 17.2 Å². The van der Waals surface area contributed by atoms with Gasteiger partial charge in [0.15, 0.2) is 0 Å². The van der Waals surface area contributed by atoms with Crippen molar-refractivity contribution in [3.8, 4) is 10.7 Å². The van der Waals surface area contributed by atoms with Crippen LogP contribution < -0.4 is 0 Å². The van der Waals surface area contributed by atoms with E-state index in [-0.39, 0.29) is 19.4 Å². The quantitative estimate of drug-likeness (QED) is 0.871. The maximum atomic E-state index is 12.7. The second kappa shape index (κ2) is 5.68. The standard InChI is InChI=1S/C14H12F3N3OS/c15-14(16,17)11-4-6-20(11)12(21)7-9-8-22-13(19-9)10-3-1-2-5-18-10/h1-3,5,8,11H,4,6-7H2/t11-/m1/s1. The normalized spacial score (nSPS) is 18.1. The molecule has 2 aromatic rings. The molecule has 22 heavy (non-hydrogen) atoms. The number of rotatable bonds is 3. The summed E-state index contributed by atoms with van der Waals surface area (Å²) in [5.74, 6) is -0.536. The Morgan fingerprint density at radius 3 is 2.82 bits per heavy atom. The summed E-state index contributed by atoms with van der Waals surface area (Å²) < 4.78 is 38.0. The van der Waals surface area contributed by atoms with Crippen LogP contribution in [0.5, 0.6) is 0 Å². The first kappa shape index (κ1) is 15.0. The highest BCUT2D eigenvalue weighted by Gasteiger charge is 2.50. The summed E-state index contributed by atoms with van der Waals surface area (Å²) in [6, 6.07) is 3.75. The zero-order valence-corrected chi connectivity index (χ0v) is 12.2. The summed E-state index contributed by atoms with van der Waals surface area (Å²) in [5, 5.41) is 2.34. The third kappa shape index (κ3) is 2.96. The minimum absolute atomic E-state index is 0.0223. The Morgan fingerprint density at radius 2 is 2.23 bits per heavy atom. The lowest BCUT2D eigenvalue weighted by Crippen LogP contribution is -2.58. The van der Waals surface area contributed by atoms with Crippen LogP contribution in [0.15, 0.2) is 29.8 Å². The second-order valence-electron chi connectivity index (χ2n) is 4.97. The molecule has 1 atom stereocenters. The van der Waals surface area contributed by atoms with Crippen LogP contribution in [-0.2, 0) is 11.2 Å². The summed E-state index contributed by atoms with van der Waals surface area (Å²) in [6.07, 6.45) is -2.86. The molecule has 1 saturated heterocycles. The van der Waals surface area contributed by atoms with Crippen molar-refractivity contribution in [2.45, 2.75) is 25.1 Å². The molecule has 116 valence electrons. The van der Waals surface area contributed by atoms with E-state index in [0.29, 0.717) is 16.4 Å². The maximum absolute atomic E-state index is 12.7. The number of hydrogen-bond acceptors (Lipinski definition) is 4. The number of thiazole rings is 1. The van der Waals surface area contributed by atoms with Crippen molar-refractivity contribution in [1.29, 1.82) is 0 Å². The first-order chi connectivity index (χ1) is 10.4. The lowest BCUT2D eigenvalue weighted by atomic mass is 10.0. The number of carbonyl (C=O) groups excluding carboxylic acids is 1. The molecule has 0 spiro atoms. The van der Waals surface area contributed by atoms with Gasteiger partial charge in [0.1, 0.15) is 11.0 Å². The third-order valence-corrected chi connectivity index (χ3v) is 4.40. The molecule has 1 aliphatic heterocycles. The smallest absolute Gasteiger partial charge is 0.330 e. The van der Waals surface area contributed by atoms with E-state index in [1.807, 2.05) is 6.07 Å². The van der Waals surface area contributed by atoms with E-state index in [1.54, 1.807) is 23.7 Å². The fourth-order valence-corrected chi connectivity index (χ4v) is 3.07. The minimum atomic E-state index is -4.35. The summed E-state index contributed by atoms with van der Waals surface area (Å²) in [7, 11) is 0. The molecule has 2 aromatic heterocycles. The summed E-state index contributed by atoms with van der Waals surface area (Å²) in [5.41, 5.74) is 1.16. The van der Waals surface area contributed by atoms with Gasteiger partial charge in [0.2, 0.25) is 5.91 Å². The predicted octanol–water partition coefficient (Wildman–Crippen LogP) is 2.91. The monoisotopic (exact) mass is 327 g/mol. The van der Waals surface area contributed by atoms with E-state index in [9.17, 15) is 18.0 Å². The molecule has 3 rings (SSSR count). The van der Waals surface area contributed by atoms with Gasteiger partial charge in [-0.05, 0) is 18.6 Å². The van der Waals surface area contributed by atoms with Gasteiger partial charge in [0, 0.05) is 18.1 Å². The van der Waals surface area contributed by atoms with Gasteiger partial charge in [0.25, 0.3) is 0 Å². The molecule has 3 heterocycles. The highest BCUT2D eigenvalue weighted by atomic mass is 32.1. The van der Waals surface area contributed by atoms with Crippen LogP contribution in [-0.4, -0.2) is 39.5 Å². The van der Waals surface area contributed by atoms with E-state index < -0.39 is 18.1 Å². The Morgan fingerprint density at radius 1 is 1.41 bits per heavy atom. The van der Waals surface area contributed by atoms with Crippen molar-refractivity contribution < 1.29 is 18.0 Å². The molecule has 0 N–H and O–H groups in total. The average Bonchev–Trinajstić information content (AvgIpc) is 2.84. The SMILES string of the molecule is O=C(Cc1csc(-c2ccccn2)n1)N1CC[C@@H]1C(F)(F)F. The average molecular weight is 327 g/mol. The number of nitrogens with zero attached hydrogens (tertiary/aromatic N) is 3. The lowest BCUT2D eigenvalue weighted by molar-refractivity contribution is -0.212. The molecule has 8 heteroatoms. The van der Waals surface area contributed by atoms with Crippen LogP contribution in [0.1, 0.15) is 12.1 Å². The summed E-state index contributed by atoms with van der Waals surface area (Å²) in [4.78, 5) is 21.3. The number of likely N-dealkylation sites (tertiary alicyclic amines) is 1. The van der Waals surface area contributed by atoms with Crippen molar-refractivity contribution in [3.05, 3.63) is 35.5 Å². The third-order valence-electron chi connectivity index (χ3n) is 3.49. The van der Waals surface area contributed by atoms with E-state index in [1.165, 1.54) is 11.3 Å². The maximum Gasteiger partial charge on any atom is 0.408 e. The van der Waals surface area contributed by atoms with Gasteiger partial charge in [-0.3, -0.25) is 9.78 Å². The van der Waals surface area contributed by atoms with E-state index in [4.69, 9.17) is 0 Å². The number of alkyl halides is 3. The number of amides is 1. The van der Waals surface area contributed by atoms with E-state index in [2.05, 4.69) is 9.97 Å². The Labute approximate surface area is 128 Å². The molecule has 0 aliphatic carbocycles. The second-order valence-corrected chi connectivity index (χ2v) is 5.83. The molecule has 0 radical (unpaired) electrons. The van der Waals surface area contributed by atoms with Gasteiger partial charge in [-0.15, -0.1) is 11.3 Å². The van der Waals surface area contributed by atoms with Crippen molar-refractivity contribution in [1.82, 2.24) is 14.9 Å². The zero-order chi connectivity index (χ0) is 15.7. The van der Waals surface area contributed by atoms with Gasteiger partial charge in [-0.25, -0.2) is 4.98 Å². The highest BCUT2D eigenvalue weighted by Crippen LogP contribution is 2.34. The Hall–Kier alpha value is -1.96. The molecule has 0 unspecified atom stereocenters. The van der Waals surface area contributed by atoms with Crippen LogP contribution in [0.4, 0.5) is 13.2 Å². The number of halogens is 3. The first-order valence-electron chi connectivity index (χ1n) is 6.67. The fraction of sp³-hybridized carbons (Fsp3) is 0.357.